The van der Waals surface area contributed by atoms with Crippen LogP contribution >= 0.6 is 27.3 Å². The molecule has 0 saturated heterocycles. The first-order chi connectivity index (χ1) is 12.6. The molecule has 0 aliphatic carbocycles. The van der Waals surface area contributed by atoms with Gasteiger partial charge in [0.1, 0.15) is 5.69 Å². The van der Waals surface area contributed by atoms with Crippen molar-refractivity contribution in [3.63, 3.8) is 0 Å². The molecule has 0 radical (unpaired) electrons. The fraction of sp³-hybridized carbons (Fsp3) is 0.105. The van der Waals surface area contributed by atoms with Crippen molar-refractivity contribution in [2.45, 2.75) is 6.54 Å². The summed E-state index contributed by atoms with van der Waals surface area (Å²) < 4.78 is 2.56. The molecule has 4 rings (SSSR count). The van der Waals surface area contributed by atoms with E-state index in [4.69, 9.17) is 0 Å². The zero-order valence-electron chi connectivity index (χ0n) is 13.9. The molecule has 3 heterocycles. The quantitative estimate of drug-likeness (QED) is 0.526. The number of carbonyl (C=O) groups excluding carboxylic acids is 1. The molecule has 26 heavy (non-hydrogen) atoms. The first kappa shape index (κ1) is 16.9. The Morgan fingerprint density at radius 1 is 1.31 bits per heavy atom. The molecular formula is C19H15BrN4OS. The number of carbonyl (C=O) groups is 1. The second kappa shape index (κ2) is 7.01. The number of aromatic nitrogens is 3. The van der Waals surface area contributed by atoms with Crippen LogP contribution < -0.4 is 5.32 Å². The molecule has 0 fully saturated rings. The Hall–Kier alpha value is -2.51. The number of rotatable bonds is 4. The summed E-state index contributed by atoms with van der Waals surface area (Å²) in [4.78, 5) is 17.3. The number of pyridine rings is 1. The molecule has 1 aromatic carbocycles. The highest BCUT2D eigenvalue weighted by atomic mass is 79.9. The number of benzene rings is 1. The van der Waals surface area contributed by atoms with E-state index in [1.807, 2.05) is 41.8 Å². The van der Waals surface area contributed by atoms with Gasteiger partial charge in [-0.05, 0) is 41.3 Å². The van der Waals surface area contributed by atoms with Gasteiger partial charge in [-0.3, -0.25) is 14.5 Å². The fourth-order valence-electron chi connectivity index (χ4n) is 2.94. The standard InChI is InChI=1S/C19H15BrN4OS/c1-24-18(15-5-4-14(20)9-16(15)23-24)19(25)22-10-12-3-2-7-21-17(12)13-6-8-26-11-13/h2-9,11H,10H2,1H3,(H,22,25). The topological polar surface area (TPSA) is 59.8 Å². The van der Waals surface area contributed by atoms with E-state index in [9.17, 15) is 4.79 Å². The Balaban J connectivity index is 1.60. The molecule has 0 aliphatic rings. The number of hydrogen-bond acceptors (Lipinski definition) is 4. The lowest BCUT2D eigenvalue weighted by Crippen LogP contribution is -2.25. The van der Waals surface area contributed by atoms with Crippen LogP contribution in [-0.2, 0) is 13.6 Å². The number of hydrogen-bond donors (Lipinski definition) is 1. The van der Waals surface area contributed by atoms with Crippen molar-refractivity contribution in [2.75, 3.05) is 0 Å². The number of amides is 1. The molecule has 0 aliphatic heterocycles. The SMILES string of the molecule is Cn1nc2cc(Br)ccc2c1C(=O)NCc1cccnc1-c1ccsc1. The third-order valence-electron chi connectivity index (χ3n) is 4.14. The number of fused-ring (bicyclic) bond motifs is 1. The summed E-state index contributed by atoms with van der Waals surface area (Å²) in [6, 6.07) is 11.6. The van der Waals surface area contributed by atoms with Gasteiger partial charge in [0.25, 0.3) is 5.91 Å². The van der Waals surface area contributed by atoms with E-state index >= 15 is 0 Å². The second-order valence-corrected chi connectivity index (χ2v) is 7.54. The lowest BCUT2D eigenvalue weighted by Gasteiger charge is -2.09. The number of halogens is 1. The van der Waals surface area contributed by atoms with E-state index in [1.54, 1.807) is 29.3 Å². The molecule has 3 aromatic heterocycles. The van der Waals surface area contributed by atoms with Gasteiger partial charge in [0, 0.05) is 40.6 Å². The van der Waals surface area contributed by atoms with Crippen LogP contribution in [0, 0.1) is 0 Å². The van der Waals surface area contributed by atoms with Crippen LogP contribution in [0.5, 0.6) is 0 Å². The van der Waals surface area contributed by atoms with Gasteiger partial charge in [-0.25, -0.2) is 0 Å². The minimum Gasteiger partial charge on any atom is -0.347 e. The van der Waals surface area contributed by atoms with Crippen LogP contribution in [0.15, 0.2) is 57.8 Å². The van der Waals surface area contributed by atoms with Crippen LogP contribution in [0.25, 0.3) is 22.2 Å². The number of nitrogens with one attached hydrogen (secondary N) is 1. The molecule has 4 aromatic rings. The highest BCUT2D eigenvalue weighted by Crippen LogP contribution is 2.24. The number of aryl methyl sites for hydroxylation is 1. The second-order valence-electron chi connectivity index (χ2n) is 5.84. The lowest BCUT2D eigenvalue weighted by atomic mass is 10.1. The molecule has 5 nitrogen and oxygen atoms in total. The van der Waals surface area contributed by atoms with Crippen LogP contribution in [-0.4, -0.2) is 20.7 Å². The van der Waals surface area contributed by atoms with E-state index < -0.39 is 0 Å². The highest BCUT2D eigenvalue weighted by molar-refractivity contribution is 9.10. The van der Waals surface area contributed by atoms with Crippen LogP contribution in [0.2, 0.25) is 0 Å². The molecule has 0 atom stereocenters. The van der Waals surface area contributed by atoms with E-state index in [-0.39, 0.29) is 5.91 Å². The molecule has 0 spiro atoms. The van der Waals surface area contributed by atoms with Gasteiger partial charge >= 0.3 is 0 Å². The van der Waals surface area contributed by atoms with Crippen molar-refractivity contribution in [1.29, 1.82) is 0 Å². The highest BCUT2D eigenvalue weighted by Gasteiger charge is 2.17. The summed E-state index contributed by atoms with van der Waals surface area (Å²) in [5, 5.41) is 12.3. The predicted molar refractivity (Wildman–Crippen MR) is 107 cm³/mol. The van der Waals surface area contributed by atoms with E-state index in [0.29, 0.717) is 12.2 Å². The molecule has 130 valence electrons. The van der Waals surface area contributed by atoms with E-state index in [2.05, 4.69) is 36.7 Å². The molecule has 1 amide bonds. The summed E-state index contributed by atoms with van der Waals surface area (Å²) >= 11 is 5.06. The molecule has 0 bridgehead atoms. The van der Waals surface area contributed by atoms with Gasteiger partial charge in [0.05, 0.1) is 11.2 Å². The van der Waals surface area contributed by atoms with Gasteiger partial charge in [-0.1, -0.05) is 22.0 Å². The summed E-state index contributed by atoms with van der Waals surface area (Å²) in [5.41, 5.74) is 4.28. The van der Waals surface area contributed by atoms with Gasteiger partial charge in [-0.2, -0.15) is 16.4 Å². The molecular weight excluding hydrogens is 412 g/mol. The van der Waals surface area contributed by atoms with Crippen LogP contribution in [0.1, 0.15) is 16.1 Å². The average Bonchev–Trinajstić information content (AvgIpc) is 3.26. The van der Waals surface area contributed by atoms with Gasteiger partial charge < -0.3 is 5.32 Å². The van der Waals surface area contributed by atoms with Gasteiger partial charge in [0.2, 0.25) is 0 Å². The maximum absolute atomic E-state index is 12.8. The van der Waals surface area contributed by atoms with Crippen molar-refractivity contribution in [3.05, 3.63) is 69.1 Å². The van der Waals surface area contributed by atoms with Crippen molar-refractivity contribution < 1.29 is 4.79 Å². The van der Waals surface area contributed by atoms with Crippen molar-refractivity contribution in [2.24, 2.45) is 7.05 Å². The van der Waals surface area contributed by atoms with Crippen molar-refractivity contribution in [3.8, 4) is 11.3 Å². The fourth-order valence-corrected chi connectivity index (χ4v) is 3.93. The van der Waals surface area contributed by atoms with Gasteiger partial charge in [0.15, 0.2) is 0 Å². The Kier molecular flexibility index (Phi) is 4.57. The third-order valence-corrected chi connectivity index (χ3v) is 5.31. The maximum atomic E-state index is 12.8. The van der Waals surface area contributed by atoms with Crippen LogP contribution in [0.4, 0.5) is 0 Å². The minimum atomic E-state index is -0.155. The van der Waals surface area contributed by atoms with Crippen molar-refractivity contribution >= 4 is 44.1 Å². The summed E-state index contributed by atoms with van der Waals surface area (Å²) in [6.07, 6.45) is 1.77. The zero-order chi connectivity index (χ0) is 18.1. The van der Waals surface area contributed by atoms with E-state index in [1.165, 1.54) is 0 Å². The summed E-state index contributed by atoms with van der Waals surface area (Å²) in [7, 11) is 1.78. The summed E-state index contributed by atoms with van der Waals surface area (Å²) in [6.45, 7) is 0.404. The Bertz CT molecular complexity index is 1090. The first-order valence-corrected chi connectivity index (χ1v) is 9.74. The first-order valence-electron chi connectivity index (χ1n) is 8.00. The lowest BCUT2D eigenvalue weighted by molar-refractivity contribution is 0.0943. The predicted octanol–water partition coefficient (Wildman–Crippen LogP) is 4.39. The monoisotopic (exact) mass is 426 g/mol. The molecule has 1 N–H and O–H groups in total. The average molecular weight is 427 g/mol. The minimum absolute atomic E-state index is 0.155. The maximum Gasteiger partial charge on any atom is 0.270 e. The summed E-state index contributed by atoms with van der Waals surface area (Å²) in [5.74, 6) is -0.155. The van der Waals surface area contributed by atoms with Crippen molar-refractivity contribution in [1.82, 2.24) is 20.1 Å². The number of nitrogens with zero attached hydrogens (tertiary/aromatic N) is 3. The largest absolute Gasteiger partial charge is 0.347 e. The molecule has 0 saturated carbocycles. The number of thiophene rings is 1. The molecule has 0 unspecified atom stereocenters. The van der Waals surface area contributed by atoms with Gasteiger partial charge in [-0.15, -0.1) is 0 Å². The zero-order valence-corrected chi connectivity index (χ0v) is 16.3. The smallest absolute Gasteiger partial charge is 0.270 e. The normalized spacial score (nSPS) is 11.0. The Labute approximate surface area is 162 Å². The van der Waals surface area contributed by atoms with E-state index in [0.717, 1.165) is 32.2 Å². The Morgan fingerprint density at radius 3 is 3.00 bits per heavy atom. The van der Waals surface area contributed by atoms with Crippen LogP contribution in [0.3, 0.4) is 0 Å². The Morgan fingerprint density at radius 2 is 2.19 bits per heavy atom. The third kappa shape index (κ3) is 3.15. The molecule has 7 heteroatoms.